The molecule has 0 aliphatic carbocycles. The quantitative estimate of drug-likeness (QED) is 0.240. The standard InChI is InChI=1S/C28H22N4O6S2/c1-2-28(38-22(33)12-29-27(39)31-24(34)21-8-5-9-40-21)18-11-20-23-16(10-15-6-3-4-7-19(15)30-23)13-32(20)25(35)17(18)14-37-26(28)36/h3-11H,2,12-14H2,1H3,(H2,29,31,34,39)/t28-/m0/s1. The number of rotatable bonds is 5. The molecule has 2 aliphatic rings. The summed E-state index contributed by atoms with van der Waals surface area (Å²) in [6, 6.07) is 14.8. The normalized spacial score (nSPS) is 16.9. The lowest BCUT2D eigenvalue weighted by atomic mass is 9.85. The van der Waals surface area contributed by atoms with Gasteiger partial charge in [0.1, 0.15) is 13.2 Å². The van der Waals surface area contributed by atoms with Gasteiger partial charge in [0, 0.05) is 16.5 Å². The van der Waals surface area contributed by atoms with Crippen LogP contribution in [0.3, 0.4) is 0 Å². The van der Waals surface area contributed by atoms with Crippen molar-refractivity contribution in [1.29, 1.82) is 0 Å². The molecule has 5 heterocycles. The maximum Gasteiger partial charge on any atom is 0.355 e. The molecule has 0 radical (unpaired) electrons. The van der Waals surface area contributed by atoms with E-state index in [2.05, 4.69) is 10.6 Å². The maximum absolute atomic E-state index is 13.6. The number of fused-ring (bicyclic) bond motifs is 5. The lowest BCUT2D eigenvalue weighted by molar-refractivity contribution is -0.188. The Hall–Kier alpha value is -4.42. The molecule has 2 N–H and O–H groups in total. The van der Waals surface area contributed by atoms with E-state index in [-0.39, 0.29) is 34.8 Å². The van der Waals surface area contributed by atoms with Crippen LogP contribution in [0.1, 0.15) is 39.7 Å². The molecule has 40 heavy (non-hydrogen) atoms. The van der Waals surface area contributed by atoms with Crippen molar-refractivity contribution >= 4 is 57.4 Å². The Bertz CT molecular complexity index is 1780. The Kier molecular flexibility index (Phi) is 6.43. The maximum atomic E-state index is 13.6. The highest BCUT2D eigenvalue weighted by atomic mass is 32.1. The van der Waals surface area contributed by atoms with Gasteiger partial charge in [-0.3, -0.25) is 19.7 Å². The molecule has 1 aromatic carbocycles. The molecule has 12 heteroatoms. The Balaban J connectivity index is 1.29. The first-order valence-electron chi connectivity index (χ1n) is 12.5. The number of thiophene rings is 1. The van der Waals surface area contributed by atoms with Gasteiger partial charge in [-0.05, 0) is 48.3 Å². The van der Waals surface area contributed by atoms with Crippen molar-refractivity contribution in [3.63, 3.8) is 0 Å². The van der Waals surface area contributed by atoms with E-state index < -0.39 is 30.0 Å². The number of benzene rings is 1. The van der Waals surface area contributed by atoms with Gasteiger partial charge < -0.3 is 19.4 Å². The Morgan fingerprint density at radius 3 is 2.80 bits per heavy atom. The van der Waals surface area contributed by atoms with Gasteiger partial charge in [0.25, 0.3) is 11.5 Å². The van der Waals surface area contributed by atoms with Gasteiger partial charge in [0.05, 0.1) is 33.9 Å². The number of aromatic nitrogens is 2. The fourth-order valence-electron chi connectivity index (χ4n) is 5.08. The molecule has 202 valence electrons. The third kappa shape index (κ3) is 4.25. The van der Waals surface area contributed by atoms with Crippen LogP contribution in [0, 0.1) is 0 Å². The number of para-hydroxylation sites is 1. The number of pyridine rings is 2. The van der Waals surface area contributed by atoms with Crippen molar-refractivity contribution in [3.05, 3.63) is 85.8 Å². The second kappa shape index (κ2) is 9.96. The monoisotopic (exact) mass is 574 g/mol. The fourth-order valence-corrected chi connectivity index (χ4v) is 5.87. The lowest BCUT2D eigenvalue weighted by Crippen LogP contribution is -2.49. The lowest BCUT2D eigenvalue weighted by Gasteiger charge is -2.35. The summed E-state index contributed by atoms with van der Waals surface area (Å²) in [5, 5.41) is 7.76. The van der Waals surface area contributed by atoms with E-state index in [1.807, 2.05) is 30.3 Å². The van der Waals surface area contributed by atoms with E-state index in [9.17, 15) is 19.2 Å². The molecule has 4 aromatic rings. The zero-order chi connectivity index (χ0) is 28.0. The third-order valence-corrected chi connectivity index (χ3v) is 8.15. The van der Waals surface area contributed by atoms with Gasteiger partial charge in [-0.25, -0.2) is 9.78 Å². The fraction of sp³-hybridized carbons (Fsp3) is 0.214. The number of ether oxygens (including phenoxy) is 2. The van der Waals surface area contributed by atoms with Crippen molar-refractivity contribution in [2.24, 2.45) is 0 Å². The minimum Gasteiger partial charge on any atom is -0.457 e. The Morgan fingerprint density at radius 1 is 1.20 bits per heavy atom. The molecule has 0 bridgehead atoms. The number of amides is 1. The largest absolute Gasteiger partial charge is 0.457 e. The summed E-state index contributed by atoms with van der Waals surface area (Å²) in [6.45, 7) is 1.36. The first kappa shape index (κ1) is 25.8. The number of esters is 2. The van der Waals surface area contributed by atoms with Crippen LogP contribution in [0.15, 0.2) is 58.7 Å². The number of carbonyl (C=O) groups is 3. The van der Waals surface area contributed by atoms with E-state index in [0.717, 1.165) is 16.5 Å². The van der Waals surface area contributed by atoms with Gasteiger partial charge in [-0.15, -0.1) is 11.3 Å². The van der Waals surface area contributed by atoms with Crippen LogP contribution in [-0.4, -0.2) is 39.1 Å². The number of carbonyl (C=O) groups excluding carboxylic acids is 3. The average Bonchev–Trinajstić information content (AvgIpc) is 3.61. The van der Waals surface area contributed by atoms with Crippen molar-refractivity contribution in [3.8, 4) is 11.4 Å². The van der Waals surface area contributed by atoms with Gasteiger partial charge in [-0.2, -0.15) is 0 Å². The molecule has 1 amide bonds. The predicted molar refractivity (Wildman–Crippen MR) is 151 cm³/mol. The third-order valence-electron chi connectivity index (χ3n) is 7.04. The zero-order valence-corrected chi connectivity index (χ0v) is 22.8. The molecule has 6 rings (SSSR count). The molecule has 3 aromatic heterocycles. The van der Waals surface area contributed by atoms with Crippen LogP contribution in [0.5, 0.6) is 0 Å². The molecule has 2 aliphatic heterocycles. The van der Waals surface area contributed by atoms with Gasteiger partial charge in [0.2, 0.25) is 5.60 Å². The smallest absolute Gasteiger partial charge is 0.355 e. The topological polar surface area (TPSA) is 129 Å². The van der Waals surface area contributed by atoms with E-state index in [4.69, 9.17) is 26.7 Å². The minimum absolute atomic E-state index is 0.0328. The number of hydrogen-bond acceptors (Lipinski definition) is 9. The second-order valence-electron chi connectivity index (χ2n) is 9.35. The molecule has 1 atom stereocenters. The molecule has 0 saturated heterocycles. The van der Waals surface area contributed by atoms with Crippen molar-refractivity contribution < 1.29 is 23.9 Å². The zero-order valence-electron chi connectivity index (χ0n) is 21.2. The highest BCUT2D eigenvalue weighted by Gasteiger charge is 2.50. The average molecular weight is 575 g/mol. The molecular weight excluding hydrogens is 552 g/mol. The summed E-state index contributed by atoms with van der Waals surface area (Å²) in [6.07, 6.45) is 0.0328. The number of nitrogens with zero attached hydrogens (tertiary/aromatic N) is 2. The van der Waals surface area contributed by atoms with Crippen LogP contribution in [0.25, 0.3) is 22.3 Å². The number of nitrogens with one attached hydrogen (secondary N) is 2. The van der Waals surface area contributed by atoms with Crippen LogP contribution in [-0.2, 0) is 37.8 Å². The van der Waals surface area contributed by atoms with E-state index in [0.29, 0.717) is 22.8 Å². The van der Waals surface area contributed by atoms with Crippen LogP contribution >= 0.6 is 23.6 Å². The van der Waals surface area contributed by atoms with E-state index in [1.54, 1.807) is 35.1 Å². The summed E-state index contributed by atoms with van der Waals surface area (Å²) in [4.78, 5) is 57.2. The SMILES string of the molecule is CC[C@@]1(OC(=O)CNC(=S)NC(=O)c2cccs2)C(=O)OCc2c1cc1n(c2=O)Cc2cc3ccccc3nc2-1. The highest BCUT2D eigenvalue weighted by molar-refractivity contribution is 7.80. The predicted octanol–water partition coefficient (Wildman–Crippen LogP) is 3.00. The first-order valence-corrected chi connectivity index (χ1v) is 13.8. The first-order chi connectivity index (χ1) is 19.3. The van der Waals surface area contributed by atoms with Gasteiger partial charge in [-0.1, -0.05) is 31.2 Å². The van der Waals surface area contributed by atoms with E-state index >= 15 is 0 Å². The Morgan fingerprint density at radius 2 is 2.02 bits per heavy atom. The summed E-state index contributed by atoms with van der Waals surface area (Å²) < 4.78 is 12.7. The summed E-state index contributed by atoms with van der Waals surface area (Å²) in [7, 11) is 0. The Labute approximate surface area is 236 Å². The summed E-state index contributed by atoms with van der Waals surface area (Å²) in [5.74, 6) is -1.99. The van der Waals surface area contributed by atoms with E-state index in [1.165, 1.54) is 11.3 Å². The van der Waals surface area contributed by atoms with Crippen LogP contribution in [0.4, 0.5) is 0 Å². The summed E-state index contributed by atoms with van der Waals surface area (Å²) in [5.41, 5.74) is 1.22. The highest BCUT2D eigenvalue weighted by Crippen LogP contribution is 2.40. The van der Waals surface area contributed by atoms with Crippen molar-refractivity contribution in [2.75, 3.05) is 6.54 Å². The molecule has 0 saturated carbocycles. The minimum atomic E-state index is -1.83. The van der Waals surface area contributed by atoms with Gasteiger partial charge in [0.15, 0.2) is 5.11 Å². The molecular formula is C28H22N4O6S2. The number of cyclic esters (lactones) is 1. The number of hydrogen-bond donors (Lipinski definition) is 2. The summed E-state index contributed by atoms with van der Waals surface area (Å²) >= 11 is 6.37. The molecule has 0 unspecified atom stereocenters. The molecule has 0 fully saturated rings. The number of thiocarbonyl (C=S) groups is 1. The van der Waals surface area contributed by atoms with Crippen molar-refractivity contribution in [2.45, 2.75) is 32.1 Å². The van der Waals surface area contributed by atoms with Crippen molar-refractivity contribution in [1.82, 2.24) is 20.2 Å². The molecule has 10 nitrogen and oxygen atoms in total. The second-order valence-corrected chi connectivity index (χ2v) is 10.7. The van der Waals surface area contributed by atoms with Crippen LogP contribution < -0.4 is 16.2 Å². The van der Waals surface area contributed by atoms with Crippen LogP contribution in [0.2, 0.25) is 0 Å². The van der Waals surface area contributed by atoms with Gasteiger partial charge >= 0.3 is 11.9 Å². The molecule has 0 spiro atoms.